The number of anilines is 1. The zero-order valence-electron chi connectivity index (χ0n) is 13.1. The van der Waals surface area contributed by atoms with Gasteiger partial charge in [-0.25, -0.2) is 0 Å². The molecular weight excluding hydrogens is 338 g/mol. The van der Waals surface area contributed by atoms with E-state index in [1.54, 1.807) is 6.07 Å². The fourth-order valence-corrected chi connectivity index (χ4v) is 2.16. The summed E-state index contributed by atoms with van der Waals surface area (Å²) >= 11 is 0. The number of rotatable bonds is 7. The van der Waals surface area contributed by atoms with Gasteiger partial charge < -0.3 is 14.8 Å². The van der Waals surface area contributed by atoms with Crippen LogP contribution in [0, 0.1) is 10.1 Å². The van der Waals surface area contributed by atoms with Crippen molar-refractivity contribution in [3.05, 3.63) is 58.1 Å². The van der Waals surface area contributed by atoms with Crippen LogP contribution < -0.4 is 14.8 Å². The van der Waals surface area contributed by atoms with Crippen LogP contribution in [0.2, 0.25) is 0 Å². The highest BCUT2D eigenvalue weighted by molar-refractivity contribution is 5.93. The summed E-state index contributed by atoms with van der Waals surface area (Å²) in [6, 6.07) is 9.82. The number of nitro groups is 1. The minimum Gasteiger partial charge on any atom is -0.493 e. The summed E-state index contributed by atoms with van der Waals surface area (Å²) in [6.45, 7) is -3.05. The minimum absolute atomic E-state index is 0.0806. The zero-order chi connectivity index (χ0) is 18.4. The molecule has 132 valence electrons. The van der Waals surface area contributed by atoms with Crippen molar-refractivity contribution in [2.75, 3.05) is 12.4 Å². The van der Waals surface area contributed by atoms with Gasteiger partial charge in [0.25, 0.3) is 5.69 Å². The molecule has 25 heavy (non-hydrogen) atoms. The number of halogens is 2. The van der Waals surface area contributed by atoms with Crippen molar-refractivity contribution in [1.82, 2.24) is 0 Å². The second-order valence-electron chi connectivity index (χ2n) is 4.85. The Kier molecular flexibility index (Phi) is 5.83. The number of methoxy groups -OCH3 is 1. The molecule has 0 aromatic heterocycles. The van der Waals surface area contributed by atoms with E-state index in [2.05, 4.69) is 10.1 Å². The lowest BCUT2D eigenvalue weighted by Gasteiger charge is -2.12. The Bertz CT molecular complexity index is 783. The van der Waals surface area contributed by atoms with Crippen molar-refractivity contribution in [2.45, 2.75) is 13.0 Å². The number of hydrogen-bond donors (Lipinski definition) is 1. The molecule has 7 nitrogen and oxygen atoms in total. The van der Waals surface area contributed by atoms with Gasteiger partial charge in [0.15, 0.2) is 11.5 Å². The fourth-order valence-electron chi connectivity index (χ4n) is 2.16. The van der Waals surface area contributed by atoms with E-state index < -0.39 is 17.4 Å². The molecule has 0 radical (unpaired) electrons. The highest BCUT2D eigenvalue weighted by Crippen LogP contribution is 2.31. The van der Waals surface area contributed by atoms with E-state index in [4.69, 9.17) is 4.74 Å². The zero-order valence-corrected chi connectivity index (χ0v) is 13.1. The molecule has 0 fully saturated rings. The van der Waals surface area contributed by atoms with E-state index in [0.29, 0.717) is 0 Å². The van der Waals surface area contributed by atoms with Crippen LogP contribution in [0.15, 0.2) is 42.5 Å². The molecule has 0 atom stereocenters. The molecule has 1 N–H and O–H groups in total. The maximum absolute atomic E-state index is 12.4. The second-order valence-corrected chi connectivity index (χ2v) is 4.85. The summed E-state index contributed by atoms with van der Waals surface area (Å²) in [5.74, 6) is -0.694. The van der Waals surface area contributed by atoms with Gasteiger partial charge in [0.2, 0.25) is 5.91 Å². The molecule has 0 bridgehead atoms. The van der Waals surface area contributed by atoms with Gasteiger partial charge in [-0.3, -0.25) is 14.9 Å². The number of alkyl halides is 2. The molecule has 1 amide bonds. The quantitative estimate of drug-likeness (QED) is 0.609. The number of hydrogen-bond acceptors (Lipinski definition) is 5. The van der Waals surface area contributed by atoms with Gasteiger partial charge in [-0.1, -0.05) is 18.2 Å². The van der Waals surface area contributed by atoms with E-state index in [1.165, 1.54) is 43.5 Å². The van der Waals surface area contributed by atoms with Gasteiger partial charge >= 0.3 is 6.61 Å². The van der Waals surface area contributed by atoms with Gasteiger partial charge in [-0.05, 0) is 12.1 Å². The van der Waals surface area contributed by atoms with Crippen LogP contribution in [-0.4, -0.2) is 24.6 Å². The number of para-hydroxylation sites is 1. The summed E-state index contributed by atoms with van der Waals surface area (Å²) in [4.78, 5) is 22.5. The van der Waals surface area contributed by atoms with Crippen molar-refractivity contribution in [3.63, 3.8) is 0 Å². The molecule has 0 aliphatic carbocycles. The van der Waals surface area contributed by atoms with Crippen molar-refractivity contribution in [1.29, 1.82) is 0 Å². The van der Waals surface area contributed by atoms with Crippen molar-refractivity contribution in [2.24, 2.45) is 0 Å². The molecule has 9 heteroatoms. The lowest BCUT2D eigenvalue weighted by atomic mass is 10.1. The first-order valence-corrected chi connectivity index (χ1v) is 7.05. The molecule has 2 aromatic rings. The molecule has 0 aliphatic heterocycles. The van der Waals surface area contributed by atoms with Crippen LogP contribution in [0.25, 0.3) is 0 Å². The first-order chi connectivity index (χ1) is 11.9. The Labute approximate surface area is 141 Å². The summed E-state index contributed by atoms with van der Waals surface area (Å²) in [7, 11) is 1.29. The third-order valence-electron chi connectivity index (χ3n) is 3.20. The van der Waals surface area contributed by atoms with Gasteiger partial charge in [-0.15, -0.1) is 0 Å². The normalized spacial score (nSPS) is 10.4. The Hall–Kier alpha value is -3.23. The molecular formula is C16H14F2N2O5. The number of nitrogens with one attached hydrogen (secondary N) is 1. The van der Waals surface area contributed by atoms with Crippen LogP contribution in [0.5, 0.6) is 11.5 Å². The number of ether oxygens (including phenoxy) is 2. The third-order valence-corrected chi connectivity index (χ3v) is 3.20. The van der Waals surface area contributed by atoms with Crippen LogP contribution >= 0.6 is 0 Å². The minimum atomic E-state index is -3.05. The van der Waals surface area contributed by atoms with E-state index in [1.807, 2.05) is 0 Å². The number of carbonyl (C=O) groups is 1. The van der Waals surface area contributed by atoms with Crippen molar-refractivity contribution in [3.8, 4) is 11.5 Å². The Balaban J connectivity index is 2.14. The smallest absolute Gasteiger partial charge is 0.387 e. The van der Waals surface area contributed by atoms with Gasteiger partial charge in [-0.2, -0.15) is 8.78 Å². The van der Waals surface area contributed by atoms with Gasteiger partial charge in [0, 0.05) is 23.4 Å². The second kappa shape index (κ2) is 8.04. The summed E-state index contributed by atoms with van der Waals surface area (Å²) in [5, 5.41) is 13.4. The molecule has 0 aliphatic rings. The lowest BCUT2D eigenvalue weighted by Crippen LogP contribution is -2.15. The topological polar surface area (TPSA) is 90.7 Å². The van der Waals surface area contributed by atoms with E-state index >= 15 is 0 Å². The predicted molar refractivity (Wildman–Crippen MR) is 85.1 cm³/mol. The highest BCUT2D eigenvalue weighted by Gasteiger charge is 2.17. The van der Waals surface area contributed by atoms with Crippen molar-refractivity contribution < 1.29 is 28.0 Å². The van der Waals surface area contributed by atoms with Gasteiger partial charge in [0.05, 0.1) is 18.5 Å². The van der Waals surface area contributed by atoms with E-state index in [0.717, 1.165) is 0 Å². The van der Waals surface area contributed by atoms with Crippen LogP contribution in [0.1, 0.15) is 5.56 Å². The maximum Gasteiger partial charge on any atom is 0.387 e. The molecule has 0 saturated heterocycles. The van der Waals surface area contributed by atoms with E-state index in [9.17, 15) is 23.7 Å². The number of benzene rings is 2. The summed E-state index contributed by atoms with van der Waals surface area (Å²) in [5.41, 5.74) is 0.261. The van der Waals surface area contributed by atoms with Crippen LogP contribution in [0.4, 0.5) is 20.2 Å². The molecule has 0 unspecified atom stereocenters. The average molecular weight is 352 g/mol. The highest BCUT2D eigenvalue weighted by atomic mass is 19.3. The Morgan fingerprint density at radius 3 is 2.60 bits per heavy atom. The van der Waals surface area contributed by atoms with Crippen LogP contribution in [-0.2, 0) is 11.2 Å². The largest absolute Gasteiger partial charge is 0.493 e. The Morgan fingerprint density at radius 1 is 1.24 bits per heavy atom. The predicted octanol–water partition coefficient (Wildman–Crippen LogP) is 3.39. The lowest BCUT2D eigenvalue weighted by molar-refractivity contribution is -0.385. The first-order valence-electron chi connectivity index (χ1n) is 7.05. The fraction of sp³-hybridized carbons (Fsp3) is 0.188. The van der Waals surface area contributed by atoms with E-state index in [-0.39, 0.29) is 34.9 Å². The first kappa shape index (κ1) is 18.1. The Morgan fingerprint density at radius 2 is 1.96 bits per heavy atom. The monoisotopic (exact) mass is 352 g/mol. The number of amides is 1. The van der Waals surface area contributed by atoms with Crippen molar-refractivity contribution >= 4 is 17.3 Å². The number of carbonyl (C=O) groups excluding carboxylic acids is 1. The molecule has 0 spiro atoms. The third kappa shape index (κ3) is 4.87. The number of nitrogens with zero attached hydrogens (tertiary/aromatic N) is 1. The molecule has 0 heterocycles. The number of nitro benzene ring substituents is 1. The SMILES string of the molecule is COc1ccc(NC(=O)Cc2ccccc2[N+](=O)[O-])cc1OC(F)F. The van der Waals surface area contributed by atoms with Gasteiger partial charge in [0.1, 0.15) is 0 Å². The maximum atomic E-state index is 12.4. The average Bonchev–Trinajstić information content (AvgIpc) is 2.54. The summed E-state index contributed by atoms with van der Waals surface area (Å²) in [6.07, 6.45) is -0.242. The standard InChI is InChI=1S/C16H14F2N2O5/c1-24-13-7-6-11(9-14(13)25-16(17)18)19-15(21)8-10-4-2-3-5-12(10)20(22)23/h2-7,9,16H,8H2,1H3,(H,19,21). The van der Waals surface area contributed by atoms with Crippen LogP contribution in [0.3, 0.4) is 0 Å². The molecule has 0 saturated carbocycles. The molecule has 2 aromatic carbocycles. The molecule has 2 rings (SSSR count). The summed E-state index contributed by atoms with van der Waals surface area (Å²) < 4.78 is 34.0.